The second-order valence-electron chi connectivity index (χ2n) is 3.14. The molecule has 0 bridgehead atoms. The van der Waals surface area contributed by atoms with E-state index in [2.05, 4.69) is 0 Å². The Balaban J connectivity index is -0.000000128. The molecule has 20 heavy (non-hydrogen) atoms. The van der Waals surface area contributed by atoms with E-state index in [0.29, 0.717) is 0 Å². The van der Waals surface area contributed by atoms with Gasteiger partial charge in [0, 0.05) is 0 Å². The van der Waals surface area contributed by atoms with Gasteiger partial charge in [0.05, 0.1) is 12.8 Å². The number of hydrogen-bond donors (Lipinski definition) is 6. The minimum absolute atomic E-state index is 0. The van der Waals surface area contributed by atoms with Crippen LogP contribution < -0.4 is 114 Å². The molecule has 0 aromatic rings. The van der Waals surface area contributed by atoms with Crippen molar-refractivity contribution in [3.8, 4) is 0 Å². The normalized spacial score (nSPS) is 11.6. The van der Waals surface area contributed by atoms with Crippen LogP contribution in [0.3, 0.4) is 0 Å². The van der Waals surface area contributed by atoms with Crippen LogP contribution in [0.1, 0.15) is 15.7 Å². The first-order valence-electron chi connectivity index (χ1n) is 4.39. The number of nitrogens with one attached hydrogen (secondary N) is 1. The van der Waals surface area contributed by atoms with Crippen molar-refractivity contribution in [2.45, 2.75) is 24.9 Å². The van der Waals surface area contributed by atoms with Gasteiger partial charge in [0.2, 0.25) is 0 Å². The van der Waals surface area contributed by atoms with Gasteiger partial charge in [-0.05, 0) is 0 Å². The smallest absolute Gasteiger partial charge is 1.00 e. The molecule has 0 aliphatic rings. The first-order chi connectivity index (χ1) is 7.73. The molecule has 0 heterocycles. The SMILES string of the molecule is N.O=C(O)CC(N[C@@H](CC(=O)O)C(=O)O)C(=O)O.[H-].[H-].[K+].[K+]. The molecule has 0 fully saturated rings. The van der Waals surface area contributed by atoms with E-state index in [0.717, 1.165) is 0 Å². The quantitative estimate of drug-likeness (QED) is 0.230. The second kappa shape index (κ2) is 15.0. The van der Waals surface area contributed by atoms with Crippen LogP contribution in [0.5, 0.6) is 0 Å². The number of carboxylic acid groups (broad SMARTS) is 4. The maximum atomic E-state index is 10.6. The zero-order valence-corrected chi connectivity index (χ0v) is 17.4. The van der Waals surface area contributed by atoms with Crippen LogP contribution in [0, 0.1) is 0 Å². The minimum atomic E-state index is -1.66. The Kier molecular flexibility index (Phi) is 21.8. The number of carbonyl (C=O) groups is 4. The van der Waals surface area contributed by atoms with Crippen LogP contribution in [0.4, 0.5) is 0 Å². The van der Waals surface area contributed by atoms with Crippen molar-refractivity contribution in [1.82, 2.24) is 11.5 Å². The molecule has 0 aromatic heterocycles. The molecule has 0 aliphatic heterocycles. The van der Waals surface area contributed by atoms with Crippen molar-refractivity contribution in [3.63, 3.8) is 0 Å². The molecule has 0 saturated carbocycles. The molecular formula is C8H16K2N2O8. The zero-order chi connectivity index (χ0) is 13.6. The first kappa shape index (κ1) is 29.1. The zero-order valence-electron chi connectivity index (χ0n) is 13.2. The fraction of sp³-hybridized carbons (Fsp3) is 0.500. The number of hydrogen-bond acceptors (Lipinski definition) is 6. The van der Waals surface area contributed by atoms with Crippen LogP contribution in [0.15, 0.2) is 0 Å². The third-order valence-electron chi connectivity index (χ3n) is 1.76. The molecule has 0 aromatic carbocycles. The van der Waals surface area contributed by atoms with Crippen molar-refractivity contribution in [1.29, 1.82) is 0 Å². The van der Waals surface area contributed by atoms with Gasteiger partial charge in [-0.3, -0.25) is 24.5 Å². The number of carboxylic acids is 4. The van der Waals surface area contributed by atoms with Gasteiger partial charge in [0.1, 0.15) is 12.1 Å². The molecule has 8 N–H and O–H groups in total. The molecule has 10 nitrogen and oxygen atoms in total. The summed E-state index contributed by atoms with van der Waals surface area (Å²) in [5, 5.41) is 36.0. The predicted molar refractivity (Wildman–Crippen MR) is 57.7 cm³/mol. The average Bonchev–Trinajstić information content (AvgIpc) is 2.13. The Labute approximate surface area is 202 Å². The van der Waals surface area contributed by atoms with Crippen LogP contribution in [-0.4, -0.2) is 56.4 Å². The van der Waals surface area contributed by atoms with Gasteiger partial charge < -0.3 is 29.4 Å². The van der Waals surface area contributed by atoms with Crippen LogP contribution in [-0.2, 0) is 19.2 Å². The molecule has 12 heteroatoms. The molecule has 2 atom stereocenters. The van der Waals surface area contributed by atoms with E-state index in [1.807, 2.05) is 5.32 Å². The van der Waals surface area contributed by atoms with Gasteiger partial charge >= 0.3 is 127 Å². The molecule has 0 radical (unpaired) electrons. The fourth-order valence-corrected chi connectivity index (χ4v) is 1.03. The Morgan fingerprint density at radius 3 is 1.20 bits per heavy atom. The van der Waals surface area contributed by atoms with Crippen LogP contribution >= 0.6 is 0 Å². The van der Waals surface area contributed by atoms with E-state index in [4.69, 9.17) is 20.4 Å². The van der Waals surface area contributed by atoms with Gasteiger partial charge in [-0.15, -0.1) is 0 Å². The van der Waals surface area contributed by atoms with E-state index in [1.54, 1.807) is 0 Å². The van der Waals surface area contributed by atoms with Crippen molar-refractivity contribution >= 4 is 23.9 Å². The van der Waals surface area contributed by atoms with Gasteiger partial charge in [-0.1, -0.05) is 0 Å². The molecule has 0 aliphatic carbocycles. The summed E-state index contributed by atoms with van der Waals surface area (Å²) >= 11 is 0. The topological polar surface area (TPSA) is 196 Å². The third kappa shape index (κ3) is 14.0. The Morgan fingerprint density at radius 2 is 1.05 bits per heavy atom. The van der Waals surface area contributed by atoms with Crippen molar-refractivity contribution in [3.05, 3.63) is 0 Å². The summed E-state index contributed by atoms with van der Waals surface area (Å²) in [5.41, 5.74) is 0. The maximum absolute atomic E-state index is 10.6. The predicted octanol–water partition coefficient (Wildman–Crippen LogP) is -7.17. The molecule has 1 unspecified atom stereocenters. The summed E-state index contributed by atoms with van der Waals surface area (Å²) in [6, 6.07) is -3.32. The molecule has 108 valence electrons. The van der Waals surface area contributed by atoms with Gasteiger partial charge in [-0.25, -0.2) is 0 Å². The summed E-state index contributed by atoms with van der Waals surface area (Å²) in [6.07, 6.45) is -1.70. The van der Waals surface area contributed by atoms with Crippen LogP contribution in [0.2, 0.25) is 0 Å². The molecule has 0 saturated heterocycles. The van der Waals surface area contributed by atoms with Crippen molar-refractivity contribution in [2.75, 3.05) is 0 Å². The average molecular weight is 346 g/mol. The fourth-order valence-electron chi connectivity index (χ4n) is 1.03. The summed E-state index contributed by atoms with van der Waals surface area (Å²) in [4.78, 5) is 41.9. The number of aliphatic carboxylic acids is 4. The third-order valence-corrected chi connectivity index (χ3v) is 1.76. The Morgan fingerprint density at radius 1 is 0.800 bits per heavy atom. The van der Waals surface area contributed by atoms with Gasteiger partial charge in [0.25, 0.3) is 0 Å². The molecule has 0 rings (SSSR count). The Bertz CT molecular complexity index is 329. The van der Waals surface area contributed by atoms with E-state index in [1.165, 1.54) is 0 Å². The van der Waals surface area contributed by atoms with Crippen molar-refractivity contribution < 1.29 is 145 Å². The van der Waals surface area contributed by atoms with E-state index in [-0.39, 0.29) is 112 Å². The van der Waals surface area contributed by atoms with Crippen molar-refractivity contribution in [2.24, 2.45) is 0 Å². The van der Waals surface area contributed by atoms with E-state index in [9.17, 15) is 19.2 Å². The molecular weight excluding hydrogens is 330 g/mol. The standard InChI is InChI=1S/C8H11NO8.2K.H3N.2H/c10-5(11)1-3(7(14)15)9-4(8(16)17)2-6(12)13;;;;;/h3-4,9H,1-2H2,(H,10,11)(H,12,13)(H,14,15)(H,16,17);;;1H3;;/q;2*+1;;2*-1/t3-,4?;;;;;/m0...../s1. The largest absolute Gasteiger partial charge is 1.00 e. The van der Waals surface area contributed by atoms with E-state index >= 15 is 0 Å². The summed E-state index contributed by atoms with van der Waals surface area (Å²) < 4.78 is 0. The summed E-state index contributed by atoms with van der Waals surface area (Å²) in [6.45, 7) is 0. The number of rotatable bonds is 8. The minimum Gasteiger partial charge on any atom is -1.00 e. The maximum Gasteiger partial charge on any atom is 1.00 e. The molecule has 0 amide bonds. The first-order valence-corrected chi connectivity index (χ1v) is 4.39. The van der Waals surface area contributed by atoms with Crippen LogP contribution in [0.25, 0.3) is 0 Å². The molecule has 0 spiro atoms. The van der Waals surface area contributed by atoms with E-state index < -0.39 is 48.8 Å². The van der Waals surface area contributed by atoms with Gasteiger partial charge in [-0.2, -0.15) is 0 Å². The summed E-state index contributed by atoms with van der Waals surface area (Å²) in [5.74, 6) is -6.01. The van der Waals surface area contributed by atoms with Gasteiger partial charge in [0.15, 0.2) is 0 Å². The Hall–Kier alpha value is 1.07. The monoisotopic (exact) mass is 346 g/mol. The summed E-state index contributed by atoms with van der Waals surface area (Å²) in [7, 11) is 0. The second-order valence-corrected chi connectivity index (χ2v) is 3.14.